The Bertz CT molecular complexity index is 459. The van der Waals surface area contributed by atoms with Crippen LogP contribution in [0, 0.1) is 0 Å². The topological polar surface area (TPSA) is 50.8 Å². The van der Waals surface area contributed by atoms with Crippen molar-refractivity contribution < 1.29 is 14.3 Å². The smallest absolute Gasteiger partial charge is 0.224 e. The van der Waals surface area contributed by atoms with E-state index in [-0.39, 0.29) is 11.9 Å². The molecule has 1 aromatic rings. The Kier molecular flexibility index (Phi) is 6.02. The van der Waals surface area contributed by atoms with Gasteiger partial charge in [0.05, 0.1) is 20.3 Å². The first-order valence-corrected chi connectivity index (χ1v) is 7.43. The molecule has 0 aliphatic carbocycles. The first-order valence-electron chi connectivity index (χ1n) is 7.43. The highest BCUT2D eigenvalue weighted by molar-refractivity contribution is 5.76. The monoisotopic (exact) mass is 292 g/mol. The van der Waals surface area contributed by atoms with Crippen molar-refractivity contribution in [2.45, 2.75) is 19.4 Å². The third-order valence-electron chi connectivity index (χ3n) is 3.75. The Morgan fingerprint density at radius 2 is 2.19 bits per heavy atom. The number of carbonyl (C=O) groups excluding carboxylic acids is 1. The number of nitrogens with zero attached hydrogens (tertiary/aromatic N) is 1. The number of hydrogen-bond donors (Lipinski definition) is 1. The molecule has 1 amide bonds. The van der Waals surface area contributed by atoms with E-state index in [1.54, 1.807) is 7.11 Å². The van der Waals surface area contributed by atoms with Gasteiger partial charge in [-0.05, 0) is 24.6 Å². The predicted octanol–water partition coefficient (Wildman–Crippen LogP) is 1.59. The average molecular weight is 292 g/mol. The van der Waals surface area contributed by atoms with Gasteiger partial charge < -0.3 is 19.7 Å². The maximum atomic E-state index is 12.0. The number of benzene rings is 1. The number of amides is 1. The van der Waals surface area contributed by atoms with Crippen molar-refractivity contribution in [3.8, 4) is 5.75 Å². The number of methoxy groups -OCH3 is 1. The lowest BCUT2D eigenvalue weighted by molar-refractivity contribution is -0.135. The SMILES string of the molecule is COc1cccc(C(C)NCCC(=O)N2CCOCC2)c1. The van der Waals surface area contributed by atoms with Crippen LogP contribution in [0.15, 0.2) is 24.3 Å². The summed E-state index contributed by atoms with van der Waals surface area (Å²) in [6.45, 7) is 5.50. The molecule has 1 heterocycles. The number of rotatable bonds is 6. The highest BCUT2D eigenvalue weighted by Gasteiger charge is 2.16. The molecule has 0 bridgehead atoms. The molecular formula is C16H24N2O3. The Balaban J connectivity index is 1.75. The molecule has 1 saturated heterocycles. The largest absolute Gasteiger partial charge is 0.497 e. The summed E-state index contributed by atoms with van der Waals surface area (Å²) in [4.78, 5) is 13.9. The van der Waals surface area contributed by atoms with Gasteiger partial charge >= 0.3 is 0 Å². The molecule has 5 heteroatoms. The molecule has 1 fully saturated rings. The lowest BCUT2D eigenvalue weighted by atomic mass is 10.1. The van der Waals surface area contributed by atoms with E-state index in [1.807, 2.05) is 23.1 Å². The summed E-state index contributed by atoms with van der Waals surface area (Å²) in [6.07, 6.45) is 0.522. The van der Waals surface area contributed by atoms with Crippen LogP contribution in [-0.4, -0.2) is 50.8 Å². The lowest BCUT2D eigenvalue weighted by Crippen LogP contribution is -2.41. The molecule has 5 nitrogen and oxygen atoms in total. The van der Waals surface area contributed by atoms with Crippen molar-refractivity contribution in [3.05, 3.63) is 29.8 Å². The summed E-state index contributed by atoms with van der Waals surface area (Å²) >= 11 is 0. The van der Waals surface area contributed by atoms with Gasteiger partial charge in [-0.25, -0.2) is 0 Å². The minimum absolute atomic E-state index is 0.192. The number of ether oxygens (including phenoxy) is 2. The van der Waals surface area contributed by atoms with Crippen LogP contribution in [0.4, 0.5) is 0 Å². The standard InChI is InChI=1S/C16H24N2O3/c1-13(14-4-3-5-15(12-14)20-2)17-7-6-16(19)18-8-10-21-11-9-18/h3-5,12-13,17H,6-11H2,1-2H3. The van der Waals surface area contributed by atoms with Crippen LogP contribution >= 0.6 is 0 Å². The summed E-state index contributed by atoms with van der Waals surface area (Å²) in [6, 6.07) is 8.17. The van der Waals surface area contributed by atoms with E-state index in [4.69, 9.17) is 9.47 Å². The number of morpholine rings is 1. The fourth-order valence-corrected chi connectivity index (χ4v) is 2.40. The van der Waals surface area contributed by atoms with E-state index < -0.39 is 0 Å². The molecular weight excluding hydrogens is 268 g/mol. The highest BCUT2D eigenvalue weighted by Crippen LogP contribution is 2.18. The predicted molar refractivity (Wildman–Crippen MR) is 81.4 cm³/mol. The molecule has 1 atom stereocenters. The Labute approximate surface area is 126 Å². The molecule has 1 aliphatic rings. The van der Waals surface area contributed by atoms with Gasteiger partial charge in [0, 0.05) is 32.1 Å². The molecule has 2 rings (SSSR count). The third kappa shape index (κ3) is 4.72. The molecule has 1 aliphatic heterocycles. The first kappa shape index (κ1) is 15.8. The van der Waals surface area contributed by atoms with Crippen LogP contribution in [0.5, 0.6) is 5.75 Å². The van der Waals surface area contributed by atoms with Crippen LogP contribution in [0.2, 0.25) is 0 Å². The van der Waals surface area contributed by atoms with E-state index in [9.17, 15) is 4.79 Å². The van der Waals surface area contributed by atoms with Gasteiger partial charge in [-0.15, -0.1) is 0 Å². The van der Waals surface area contributed by atoms with Gasteiger partial charge in [-0.1, -0.05) is 12.1 Å². The second-order valence-corrected chi connectivity index (χ2v) is 5.20. The average Bonchev–Trinajstić information content (AvgIpc) is 2.55. The minimum Gasteiger partial charge on any atom is -0.497 e. The Morgan fingerprint density at radius 1 is 1.43 bits per heavy atom. The van der Waals surface area contributed by atoms with Crippen LogP contribution in [0.25, 0.3) is 0 Å². The third-order valence-corrected chi connectivity index (χ3v) is 3.75. The second-order valence-electron chi connectivity index (χ2n) is 5.20. The summed E-state index contributed by atoms with van der Waals surface area (Å²) < 4.78 is 10.5. The van der Waals surface area contributed by atoms with E-state index in [2.05, 4.69) is 18.3 Å². The highest BCUT2D eigenvalue weighted by atomic mass is 16.5. The molecule has 116 valence electrons. The summed E-state index contributed by atoms with van der Waals surface area (Å²) in [5, 5.41) is 3.39. The van der Waals surface area contributed by atoms with Crippen molar-refractivity contribution in [2.75, 3.05) is 40.0 Å². The molecule has 0 aromatic heterocycles. The fourth-order valence-electron chi connectivity index (χ4n) is 2.40. The van der Waals surface area contributed by atoms with Crippen LogP contribution in [0.1, 0.15) is 24.9 Å². The minimum atomic E-state index is 0.192. The zero-order valence-corrected chi connectivity index (χ0v) is 12.8. The van der Waals surface area contributed by atoms with Crippen molar-refractivity contribution >= 4 is 5.91 Å². The molecule has 1 N–H and O–H groups in total. The maximum Gasteiger partial charge on any atom is 0.224 e. The molecule has 1 aromatic carbocycles. The number of hydrogen-bond acceptors (Lipinski definition) is 4. The molecule has 1 unspecified atom stereocenters. The van der Waals surface area contributed by atoms with Crippen LogP contribution < -0.4 is 10.1 Å². The number of carbonyl (C=O) groups is 1. The van der Waals surface area contributed by atoms with Crippen molar-refractivity contribution in [1.29, 1.82) is 0 Å². The van der Waals surface area contributed by atoms with E-state index in [0.717, 1.165) is 11.3 Å². The first-order chi connectivity index (χ1) is 10.2. The second kappa shape index (κ2) is 8.00. The summed E-state index contributed by atoms with van der Waals surface area (Å²) in [5.41, 5.74) is 1.16. The van der Waals surface area contributed by atoms with Gasteiger partial charge in [-0.3, -0.25) is 4.79 Å². The molecule has 0 spiro atoms. The molecule has 0 saturated carbocycles. The maximum absolute atomic E-state index is 12.0. The van der Waals surface area contributed by atoms with Gasteiger partial charge in [0.1, 0.15) is 5.75 Å². The Morgan fingerprint density at radius 3 is 2.90 bits per heavy atom. The Hall–Kier alpha value is -1.59. The van der Waals surface area contributed by atoms with Crippen molar-refractivity contribution in [3.63, 3.8) is 0 Å². The normalized spacial score (nSPS) is 16.6. The van der Waals surface area contributed by atoms with Crippen LogP contribution in [0.3, 0.4) is 0 Å². The van der Waals surface area contributed by atoms with Gasteiger partial charge in [0.15, 0.2) is 0 Å². The summed E-state index contributed by atoms with van der Waals surface area (Å²) in [7, 11) is 1.66. The summed E-state index contributed by atoms with van der Waals surface area (Å²) in [5.74, 6) is 1.05. The van der Waals surface area contributed by atoms with E-state index in [0.29, 0.717) is 39.3 Å². The van der Waals surface area contributed by atoms with E-state index in [1.165, 1.54) is 0 Å². The van der Waals surface area contributed by atoms with Crippen molar-refractivity contribution in [2.24, 2.45) is 0 Å². The van der Waals surface area contributed by atoms with Gasteiger partial charge in [-0.2, -0.15) is 0 Å². The van der Waals surface area contributed by atoms with Gasteiger partial charge in [0.2, 0.25) is 5.91 Å². The quantitative estimate of drug-likeness (QED) is 0.865. The van der Waals surface area contributed by atoms with Crippen molar-refractivity contribution in [1.82, 2.24) is 10.2 Å². The fraction of sp³-hybridized carbons (Fsp3) is 0.562. The van der Waals surface area contributed by atoms with E-state index >= 15 is 0 Å². The van der Waals surface area contributed by atoms with Gasteiger partial charge in [0.25, 0.3) is 0 Å². The lowest BCUT2D eigenvalue weighted by Gasteiger charge is -2.27. The molecule has 21 heavy (non-hydrogen) atoms. The number of nitrogens with one attached hydrogen (secondary N) is 1. The zero-order valence-electron chi connectivity index (χ0n) is 12.8. The zero-order chi connectivity index (χ0) is 15.1. The van der Waals surface area contributed by atoms with Crippen LogP contribution in [-0.2, 0) is 9.53 Å². The molecule has 0 radical (unpaired) electrons.